The fourth-order valence-electron chi connectivity index (χ4n) is 2.14. The van der Waals surface area contributed by atoms with Crippen LogP contribution in [0.2, 0.25) is 0 Å². The molecule has 0 radical (unpaired) electrons. The van der Waals surface area contributed by atoms with Gasteiger partial charge in [-0.15, -0.1) is 0 Å². The predicted octanol–water partition coefficient (Wildman–Crippen LogP) is 3.16. The Balaban J connectivity index is 1.92. The van der Waals surface area contributed by atoms with E-state index in [1.165, 1.54) is 24.3 Å². The van der Waals surface area contributed by atoms with E-state index >= 15 is 0 Å². The molecule has 0 N–H and O–H groups in total. The highest BCUT2D eigenvalue weighted by molar-refractivity contribution is 7.90. The maximum Gasteiger partial charge on any atom is 0.324 e. The lowest BCUT2D eigenvalue weighted by Gasteiger charge is -2.09. The molecule has 1 aromatic heterocycles. The molecule has 0 aliphatic carbocycles. The van der Waals surface area contributed by atoms with E-state index in [0.29, 0.717) is 16.2 Å². The quantitative estimate of drug-likeness (QED) is 0.697. The highest BCUT2D eigenvalue weighted by atomic mass is 32.2. The van der Waals surface area contributed by atoms with Gasteiger partial charge < -0.3 is 4.55 Å². The Bertz CT molecular complexity index is 786. The number of nitrogens with zero attached hydrogens (tertiary/aromatic N) is 2. The van der Waals surface area contributed by atoms with E-state index in [1.54, 1.807) is 29.8 Å². The van der Waals surface area contributed by atoms with Crippen LogP contribution in [0.25, 0.3) is 11.0 Å². The van der Waals surface area contributed by atoms with Gasteiger partial charge >= 0.3 is 5.16 Å². The maximum absolute atomic E-state index is 13.3. The number of benzene rings is 2. The topological polar surface area (TPSA) is 40.9 Å². The minimum Gasteiger partial charge on any atom is -0.609 e. The van der Waals surface area contributed by atoms with Crippen LogP contribution in [0.5, 0.6) is 0 Å². The minimum absolute atomic E-state index is 0.236. The van der Waals surface area contributed by atoms with Crippen LogP contribution in [0.1, 0.15) is 5.56 Å². The summed E-state index contributed by atoms with van der Waals surface area (Å²) in [5.41, 5.74) is 1.95. The van der Waals surface area contributed by atoms with Crippen molar-refractivity contribution in [1.82, 2.24) is 9.55 Å². The molecule has 0 saturated heterocycles. The Morgan fingerprint density at radius 3 is 2.48 bits per heavy atom. The number of imidazole rings is 1. The summed E-state index contributed by atoms with van der Waals surface area (Å²) in [5.74, 6) is -0.455. The summed E-state index contributed by atoms with van der Waals surface area (Å²) in [6.07, 6.45) is 0. The third kappa shape index (κ3) is 2.77. The van der Waals surface area contributed by atoms with Crippen molar-refractivity contribution in [3.63, 3.8) is 0 Å². The summed E-state index contributed by atoms with van der Waals surface area (Å²) in [6, 6.07) is 10.1. The first-order valence-corrected chi connectivity index (χ1v) is 7.61. The zero-order valence-electron chi connectivity index (χ0n) is 11.2. The van der Waals surface area contributed by atoms with E-state index in [9.17, 15) is 13.3 Å². The average molecular weight is 306 g/mol. The highest BCUT2D eigenvalue weighted by Gasteiger charge is 2.20. The molecular formula is C15H12F2N2OS. The number of rotatable bonds is 3. The maximum atomic E-state index is 13.3. The number of aryl methyl sites for hydroxylation is 1. The molecule has 108 valence electrons. The van der Waals surface area contributed by atoms with E-state index in [0.717, 1.165) is 5.56 Å². The second-order valence-electron chi connectivity index (χ2n) is 4.70. The van der Waals surface area contributed by atoms with Gasteiger partial charge in [0, 0.05) is 23.8 Å². The molecule has 0 fully saturated rings. The van der Waals surface area contributed by atoms with Gasteiger partial charge in [0.1, 0.15) is 17.4 Å². The van der Waals surface area contributed by atoms with Crippen molar-refractivity contribution in [1.29, 1.82) is 0 Å². The van der Waals surface area contributed by atoms with Crippen LogP contribution in [-0.2, 0) is 24.0 Å². The molecule has 0 saturated carbocycles. The standard InChI is InChI=1S/C15H12F2N2OS/c1-19-14-8-12(17)6-7-13(14)18-15(19)21(20)9-10-2-4-11(16)5-3-10/h2-8H,9H2,1H3. The van der Waals surface area contributed by atoms with Crippen molar-refractivity contribution in [3.8, 4) is 0 Å². The van der Waals surface area contributed by atoms with E-state index in [2.05, 4.69) is 4.98 Å². The second-order valence-corrected chi connectivity index (χ2v) is 6.05. The minimum atomic E-state index is -1.38. The first-order valence-electron chi connectivity index (χ1n) is 6.29. The zero-order valence-corrected chi connectivity index (χ0v) is 12.0. The largest absolute Gasteiger partial charge is 0.609 e. The van der Waals surface area contributed by atoms with Crippen molar-refractivity contribution < 1.29 is 13.3 Å². The Morgan fingerprint density at radius 2 is 1.76 bits per heavy atom. The van der Waals surface area contributed by atoms with Crippen molar-refractivity contribution in [2.24, 2.45) is 7.05 Å². The Morgan fingerprint density at radius 1 is 1.10 bits per heavy atom. The third-order valence-electron chi connectivity index (χ3n) is 3.22. The van der Waals surface area contributed by atoms with Crippen LogP contribution >= 0.6 is 0 Å². The second kappa shape index (κ2) is 5.46. The normalized spacial score (nSPS) is 12.8. The zero-order chi connectivity index (χ0) is 15.0. The first-order chi connectivity index (χ1) is 10.0. The SMILES string of the molecule is Cn1c([S+]([O-])Cc2ccc(F)cc2)nc2ccc(F)cc21. The number of aromatic nitrogens is 2. The van der Waals surface area contributed by atoms with Crippen molar-refractivity contribution in [2.45, 2.75) is 10.9 Å². The molecule has 3 rings (SSSR count). The van der Waals surface area contributed by atoms with Crippen LogP contribution in [-0.4, -0.2) is 14.1 Å². The molecule has 0 aliphatic heterocycles. The fourth-order valence-corrected chi connectivity index (χ4v) is 3.37. The van der Waals surface area contributed by atoms with Gasteiger partial charge in [-0.3, -0.25) is 4.57 Å². The summed E-state index contributed by atoms with van der Waals surface area (Å²) in [4.78, 5) is 4.29. The number of hydrogen-bond donors (Lipinski definition) is 0. The van der Waals surface area contributed by atoms with Gasteiger partial charge in [0.2, 0.25) is 0 Å². The van der Waals surface area contributed by atoms with Gasteiger partial charge in [-0.2, -0.15) is 4.98 Å². The summed E-state index contributed by atoms with van der Waals surface area (Å²) in [6.45, 7) is 0. The monoisotopic (exact) mass is 306 g/mol. The van der Waals surface area contributed by atoms with Gasteiger partial charge in [-0.1, -0.05) is 12.1 Å². The molecule has 3 nitrogen and oxygen atoms in total. The van der Waals surface area contributed by atoms with Crippen LogP contribution in [0.15, 0.2) is 47.6 Å². The fraction of sp³-hybridized carbons (Fsp3) is 0.133. The average Bonchev–Trinajstić information content (AvgIpc) is 2.79. The molecule has 0 aliphatic rings. The third-order valence-corrected chi connectivity index (χ3v) is 4.58. The molecule has 0 bridgehead atoms. The molecule has 0 amide bonds. The van der Waals surface area contributed by atoms with Crippen LogP contribution in [0.3, 0.4) is 0 Å². The van der Waals surface area contributed by atoms with E-state index < -0.39 is 11.2 Å². The van der Waals surface area contributed by atoms with Crippen molar-refractivity contribution >= 4 is 22.2 Å². The molecule has 1 heterocycles. The molecule has 1 atom stereocenters. The Labute approximate surface area is 123 Å². The van der Waals surface area contributed by atoms with Crippen LogP contribution < -0.4 is 0 Å². The lowest BCUT2D eigenvalue weighted by molar-refractivity contribution is 0.578. The number of hydrogen-bond acceptors (Lipinski definition) is 2. The summed E-state index contributed by atoms with van der Waals surface area (Å²) < 4.78 is 40.2. The van der Waals surface area contributed by atoms with E-state index in [1.807, 2.05) is 0 Å². The number of halogens is 2. The molecule has 6 heteroatoms. The molecular weight excluding hydrogens is 294 g/mol. The van der Waals surface area contributed by atoms with Gasteiger partial charge in [-0.25, -0.2) is 8.78 Å². The summed E-state index contributed by atoms with van der Waals surface area (Å²) in [7, 11) is 1.70. The van der Waals surface area contributed by atoms with Gasteiger partial charge in [0.05, 0.1) is 11.0 Å². The lowest BCUT2D eigenvalue weighted by atomic mass is 10.2. The van der Waals surface area contributed by atoms with Gasteiger partial charge in [-0.05, 0) is 30.3 Å². The van der Waals surface area contributed by atoms with Crippen molar-refractivity contribution in [3.05, 3.63) is 59.7 Å². The molecule has 3 aromatic rings. The van der Waals surface area contributed by atoms with E-state index in [4.69, 9.17) is 0 Å². The van der Waals surface area contributed by atoms with Crippen LogP contribution in [0.4, 0.5) is 8.78 Å². The molecule has 0 spiro atoms. The first kappa shape index (κ1) is 14.0. The summed E-state index contributed by atoms with van der Waals surface area (Å²) in [5, 5.41) is 0.375. The van der Waals surface area contributed by atoms with E-state index in [-0.39, 0.29) is 17.4 Å². The molecule has 1 unspecified atom stereocenters. The van der Waals surface area contributed by atoms with Gasteiger partial charge in [0.25, 0.3) is 0 Å². The summed E-state index contributed by atoms with van der Waals surface area (Å²) >= 11 is -1.38. The van der Waals surface area contributed by atoms with Crippen LogP contribution in [0, 0.1) is 11.6 Å². The predicted molar refractivity (Wildman–Crippen MR) is 77.2 cm³/mol. The number of fused-ring (bicyclic) bond motifs is 1. The Hall–Kier alpha value is -1.92. The molecule has 2 aromatic carbocycles. The van der Waals surface area contributed by atoms with Gasteiger partial charge in [0.15, 0.2) is 0 Å². The highest BCUT2D eigenvalue weighted by Crippen LogP contribution is 2.22. The smallest absolute Gasteiger partial charge is 0.324 e. The molecule has 21 heavy (non-hydrogen) atoms. The Kier molecular flexibility index (Phi) is 3.65. The van der Waals surface area contributed by atoms with Crippen molar-refractivity contribution in [2.75, 3.05) is 0 Å². The lowest BCUT2D eigenvalue weighted by Crippen LogP contribution is -2.11.